The zero-order chi connectivity index (χ0) is 24.3. The zero-order valence-electron chi connectivity index (χ0n) is 20.1. The summed E-state index contributed by atoms with van der Waals surface area (Å²) in [5.74, 6) is 1.11. The quantitative estimate of drug-likeness (QED) is 0.311. The molecule has 7 nitrogen and oxygen atoms in total. The predicted octanol–water partition coefficient (Wildman–Crippen LogP) is 4.57. The summed E-state index contributed by atoms with van der Waals surface area (Å²) in [5, 5.41) is 13.1. The van der Waals surface area contributed by atoms with Crippen molar-refractivity contribution in [2.75, 3.05) is 0 Å². The molecule has 2 heterocycles. The number of rotatable bonds is 8. The Kier molecular flexibility index (Phi) is 6.65. The summed E-state index contributed by atoms with van der Waals surface area (Å²) in [5.41, 5.74) is 10.7. The number of fused-ring (bicyclic) bond motifs is 1. The largest absolute Gasteiger partial charge is 0.361 e. The Morgan fingerprint density at radius 3 is 2.62 bits per heavy atom. The number of hydrogen-bond donors (Lipinski definition) is 4. The molecule has 0 saturated carbocycles. The number of nitrogens with one attached hydrogen (secondary N) is 3. The van der Waals surface area contributed by atoms with Crippen molar-refractivity contribution in [3.8, 4) is 0 Å². The molecule has 0 aliphatic rings. The molecule has 0 aliphatic heterocycles. The molecule has 0 spiro atoms. The van der Waals surface area contributed by atoms with Crippen LogP contribution in [0.1, 0.15) is 61.6 Å². The third-order valence-electron chi connectivity index (χ3n) is 6.07. The van der Waals surface area contributed by atoms with Crippen LogP contribution in [0.15, 0.2) is 60.8 Å². The molecule has 176 valence electrons. The number of benzene rings is 2. The van der Waals surface area contributed by atoms with Crippen molar-refractivity contribution in [3.63, 3.8) is 0 Å². The number of aryl methyl sites for hydroxylation is 1. The highest BCUT2D eigenvalue weighted by atomic mass is 16.2. The van der Waals surface area contributed by atoms with E-state index in [1.54, 1.807) is 13.8 Å². The number of H-pyrrole nitrogens is 2. The third kappa shape index (κ3) is 5.10. The third-order valence-corrected chi connectivity index (χ3v) is 6.07. The van der Waals surface area contributed by atoms with Crippen LogP contribution in [0.25, 0.3) is 16.5 Å². The second-order valence-electron chi connectivity index (χ2n) is 9.27. The van der Waals surface area contributed by atoms with Crippen molar-refractivity contribution in [1.29, 1.82) is 0 Å². The highest BCUT2D eigenvalue weighted by Crippen LogP contribution is 2.29. The molecule has 2 aromatic carbocycles. The van der Waals surface area contributed by atoms with Crippen LogP contribution in [0.5, 0.6) is 0 Å². The zero-order valence-corrected chi connectivity index (χ0v) is 20.1. The number of nitrogens with zero attached hydrogens (tertiary/aromatic N) is 2. The number of carbonyl (C=O) groups excluding carboxylic acids is 1. The van der Waals surface area contributed by atoms with Gasteiger partial charge in [-0.2, -0.15) is 0 Å². The highest BCUT2D eigenvalue weighted by Gasteiger charge is 2.28. The summed E-state index contributed by atoms with van der Waals surface area (Å²) < 4.78 is 0. The highest BCUT2D eigenvalue weighted by molar-refractivity contribution is 5.85. The molecule has 0 unspecified atom stereocenters. The van der Waals surface area contributed by atoms with Crippen molar-refractivity contribution >= 4 is 22.4 Å². The fourth-order valence-corrected chi connectivity index (χ4v) is 4.10. The van der Waals surface area contributed by atoms with Gasteiger partial charge in [0, 0.05) is 29.9 Å². The van der Waals surface area contributed by atoms with E-state index in [0.29, 0.717) is 18.7 Å². The van der Waals surface area contributed by atoms with Crippen molar-refractivity contribution < 1.29 is 4.79 Å². The Morgan fingerprint density at radius 1 is 1.15 bits per heavy atom. The number of carbonyl (C=O) groups is 1. The van der Waals surface area contributed by atoms with Crippen LogP contribution in [0.4, 0.5) is 0 Å². The Morgan fingerprint density at radius 2 is 1.88 bits per heavy atom. The van der Waals surface area contributed by atoms with Crippen molar-refractivity contribution in [2.45, 2.75) is 52.1 Å². The van der Waals surface area contributed by atoms with Crippen LogP contribution in [0.3, 0.4) is 0 Å². The second kappa shape index (κ2) is 9.65. The lowest BCUT2D eigenvalue weighted by molar-refractivity contribution is -0.126. The molecule has 2 aromatic heterocycles. The van der Waals surface area contributed by atoms with E-state index in [-0.39, 0.29) is 5.91 Å². The predicted molar refractivity (Wildman–Crippen MR) is 136 cm³/mol. The van der Waals surface area contributed by atoms with Gasteiger partial charge in [0.1, 0.15) is 5.82 Å². The van der Waals surface area contributed by atoms with Gasteiger partial charge in [0.05, 0.1) is 11.6 Å². The van der Waals surface area contributed by atoms with Gasteiger partial charge in [-0.05, 0) is 56.0 Å². The molecule has 0 radical (unpaired) electrons. The van der Waals surface area contributed by atoms with E-state index in [1.165, 1.54) is 5.56 Å². The molecular weight excluding hydrogens is 424 g/mol. The molecule has 0 aliphatic carbocycles. The maximum absolute atomic E-state index is 12.8. The maximum Gasteiger partial charge on any atom is 0.240 e. The summed E-state index contributed by atoms with van der Waals surface area (Å²) >= 11 is 0. The summed E-state index contributed by atoms with van der Waals surface area (Å²) in [6.45, 7) is 7.49. The van der Waals surface area contributed by atoms with E-state index < -0.39 is 11.6 Å². The van der Waals surface area contributed by atoms with Crippen LogP contribution >= 0.6 is 0 Å². The molecule has 0 saturated heterocycles. The van der Waals surface area contributed by atoms with Crippen LogP contribution in [0.2, 0.25) is 0 Å². The molecule has 7 heteroatoms. The van der Waals surface area contributed by atoms with Gasteiger partial charge in [-0.3, -0.25) is 4.79 Å². The monoisotopic (exact) mass is 456 g/mol. The van der Waals surface area contributed by atoms with E-state index in [0.717, 1.165) is 33.4 Å². The molecule has 1 amide bonds. The van der Waals surface area contributed by atoms with E-state index in [4.69, 9.17) is 5.73 Å². The summed E-state index contributed by atoms with van der Waals surface area (Å²) in [4.78, 5) is 19.5. The number of nitrogens with two attached hydrogens (primary N) is 1. The molecule has 0 fully saturated rings. The molecule has 34 heavy (non-hydrogen) atoms. The van der Waals surface area contributed by atoms with Crippen molar-refractivity contribution in [1.82, 2.24) is 25.5 Å². The summed E-state index contributed by atoms with van der Waals surface area (Å²) in [6, 6.07) is 16.0. The smallest absolute Gasteiger partial charge is 0.240 e. The minimum Gasteiger partial charge on any atom is -0.361 e. The molecule has 5 N–H and O–H groups in total. The van der Waals surface area contributed by atoms with E-state index >= 15 is 0 Å². The van der Waals surface area contributed by atoms with Gasteiger partial charge in [0.2, 0.25) is 5.91 Å². The van der Waals surface area contributed by atoms with Gasteiger partial charge >= 0.3 is 0 Å². The van der Waals surface area contributed by atoms with Gasteiger partial charge in [-0.25, -0.2) is 0 Å². The average molecular weight is 457 g/mol. The number of para-hydroxylation sites is 1. The first-order valence-corrected chi connectivity index (χ1v) is 11.5. The SMILES string of the molecule is C/C=C(/C[C@@H](NC(=O)C(C)(C)N)c1nnc(Cc2c[nH]c3ccccc23)[nH]1)c1ccccc1C. The van der Waals surface area contributed by atoms with E-state index in [2.05, 4.69) is 62.7 Å². The maximum atomic E-state index is 12.8. The number of aromatic nitrogens is 4. The Labute approximate surface area is 199 Å². The molecule has 1 atom stereocenters. The van der Waals surface area contributed by atoms with Gasteiger partial charge in [0.25, 0.3) is 0 Å². The van der Waals surface area contributed by atoms with Gasteiger partial charge in [-0.15, -0.1) is 10.2 Å². The average Bonchev–Trinajstić information content (AvgIpc) is 3.44. The molecule has 4 aromatic rings. The van der Waals surface area contributed by atoms with Crippen molar-refractivity contribution in [3.05, 3.63) is 89.1 Å². The topological polar surface area (TPSA) is 112 Å². The van der Waals surface area contributed by atoms with E-state index in [1.807, 2.05) is 37.4 Å². The second-order valence-corrected chi connectivity index (χ2v) is 9.27. The molecule has 0 bridgehead atoms. The Hall–Kier alpha value is -3.71. The first kappa shape index (κ1) is 23.4. The van der Waals surface area contributed by atoms with E-state index in [9.17, 15) is 4.79 Å². The fraction of sp³-hybridized carbons (Fsp3) is 0.296. The Bertz CT molecular complexity index is 1320. The minimum absolute atomic E-state index is 0.243. The van der Waals surface area contributed by atoms with Crippen LogP contribution < -0.4 is 11.1 Å². The lowest BCUT2D eigenvalue weighted by Gasteiger charge is -2.24. The standard InChI is InChI=1S/C27H32N6O/c1-5-18(20-11-7-6-10-17(20)2)14-23(30-26(34)27(3,4)28)25-31-24(32-33-25)15-19-16-29-22-13-9-8-12-21(19)22/h5-13,16,23,29H,14-15,28H2,1-4H3,(H,30,34)(H,31,32,33)/b18-5-/t23-/m1/s1. The van der Waals surface area contributed by atoms with Crippen LogP contribution in [-0.2, 0) is 11.2 Å². The number of allylic oxidation sites excluding steroid dienone is 1. The number of aromatic amines is 2. The van der Waals surface area contributed by atoms with Gasteiger partial charge < -0.3 is 21.0 Å². The van der Waals surface area contributed by atoms with Gasteiger partial charge in [0.15, 0.2) is 5.82 Å². The lowest BCUT2D eigenvalue weighted by Crippen LogP contribution is -2.50. The number of hydrogen-bond acceptors (Lipinski definition) is 4. The van der Waals surface area contributed by atoms with Crippen LogP contribution in [-0.4, -0.2) is 31.6 Å². The molecule has 4 rings (SSSR count). The van der Waals surface area contributed by atoms with Gasteiger partial charge in [-0.1, -0.05) is 48.5 Å². The first-order valence-electron chi connectivity index (χ1n) is 11.5. The summed E-state index contributed by atoms with van der Waals surface area (Å²) in [6.07, 6.45) is 5.25. The lowest BCUT2D eigenvalue weighted by atomic mass is 9.94. The first-order chi connectivity index (χ1) is 16.3. The van der Waals surface area contributed by atoms with Crippen LogP contribution in [0, 0.1) is 6.92 Å². The Balaban J connectivity index is 1.62. The molecular formula is C27H32N6O. The van der Waals surface area contributed by atoms with Crippen molar-refractivity contribution in [2.24, 2.45) is 5.73 Å². The normalized spacial score (nSPS) is 13.3. The minimum atomic E-state index is -1.01. The fourth-order valence-electron chi connectivity index (χ4n) is 4.10. The summed E-state index contributed by atoms with van der Waals surface area (Å²) in [7, 11) is 0. The number of amides is 1.